The summed E-state index contributed by atoms with van der Waals surface area (Å²) >= 11 is 4.95. The van der Waals surface area contributed by atoms with Crippen molar-refractivity contribution in [3.05, 3.63) is 9.98 Å². The fraction of sp³-hybridized carbons (Fsp3) is 0.667. The number of halogens is 1. The van der Waals surface area contributed by atoms with E-state index in [2.05, 4.69) is 26.2 Å². The van der Waals surface area contributed by atoms with Crippen molar-refractivity contribution in [1.29, 1.82) is 0 Å². The van der Waals surface area contributed by atoms with E-state index in [0.29, 0.717) is 6.10 Å². The molecule has 1 unspecified atom stereocenters. The molecule has 1 N–H and O–H groups in total. The van der Waals surface area contributed by atoms with Crippen LogP contribution in [0.3, 0.4) is 0 Å². The smallest absolute Gasteiger partial charge is 0.183 e. The minimum absolute atomic E-state index is 0.464. The van der Waals surface area contributed by atoms with E-state index in [9.17, 15) is 0 Å². The van der Waals surface area contributed by atoms with Gasteiger partial charge in [0, 0.05) is 18.5 Å². The van der Waals surface area contributed by atoms with Crippen LogP contribution in [0.15, 0.2) is 9.98 Å². The van der Waals surface area contributed by atoms with E-state index >= 15 is 0 Å². The highest BCUT2D eigenvalue weighted by Crippen LogP contribution is 2.20. The van der Waals surface area contributed by atoms with Crippen LogP contribution in [0, 0.1) is 0 Å². The molecule has 0 aromatic carbocycles. The average molecular weight is 277 g/mol. The molecule has 1 atom stereocenters. The first-order valence-electron chi connectivity index (χ1n) is 4.81. The molecule has 1 fully saturated rings. The maximum atomic E-state index is 5.53. The Labute approximate surface area is 96.0 Å². The maximum Gasteiger partial charge on any atom is 0.183 e. The van der Waals surface area contributed by atoms with E-state index in [1.807, 2.05) is 5.38 Å². The second-order valence-corrected chi connectivity index (χ2v) is 5.00. The number of ether oxygens (including phenoxy) is 1. The third kappa shape index (κ3) is 2.93. The van der Waals surface area contributed by atoms with Crippen molar-refractivity contribution in [3.8, 4) is 0 Å². The number of hydrogen-bond acceptors (Lipinski definition) is 4. The molecule has 5 heteroatoms. The van der Waals surface area contributed by atoms with Crippen LogP contribution in [0.5, 0.6) is 0 Å². The third-order valence-corrected chi connectivity index (χ3v) is 3.75. The number of thiazole rings is 1. The molecule has 14 heavy (non-hydrogen) atoms. The molecule has 0 bridgehead atoms. The van der Waals surface area contributed by atoms with Crippen LogP contribution in [0.1, 0.15) is 19.3 Å². The second kappa shape index (κ2) is 5.09. The summed E-state index contributed by atoms with van der Waals surface area (Å²) in [7, 11) is 0. The molecule has 2 heterocycles. The van der Waals surface area contributed by atoms with Gasteiger partial charge in [-0.25, -0.2) is 4.98 Å². The van der Waals surface area contributed by atoms with Crippen molar-refractivity contribution in [2.24, 2.45) is 0 Å². The summed E-state index contributed by atoms with van der Waals surface area (Å²) < 4.78 is 6.43. The topological polar surface area (TPSA) is 34.1 Å². The number of anilines is 1. The van der Waals surface area contributed by atoms with E-state index in [0.717, 1.165) is 29.3 Å². The van der Waals surface area contributed by atoms with E-state index in [1.54, 1.807) is 11.3 Å². The van der Waals surface area contributed by atoms with Gasteiger partial charge in [-0.1, -0.05) is 0 Å². The molecule has 1 aromatic heterocycles. The predicted molar refractivity (Wildman–Crippen MR) is 61.9 cm³/mol. The van der Waals surface area contributed by atoms with Gasteiger partial charge in [0.05, 0.1) is 6.10 Å². The van der Waals surface area contributed by atoms with Gasteiger partial charge < -0.3 is 10.1 Å². The summed E-state index contributed by atoms with van der Waals surface area (Å²) in [6.07, 6.45) is 3.97. The third-order valence-electron chi connectivity index (χ3n) is 2.24. The molecule has 3 nitrogen and oxygen atoms in total. The molecule has 1 aliphatic rings. The number of nitrogens with zero attached hydrogens (tertiary/aromatic N) is 1. The van der Waals surface area contributed by atoms with Gasteiger partial charge >= 0.3 is 0 Å². The molecular formula is C9H13BrN2OS. The van der Waals surface area contributed by atoms with E-state index in [1.165, 1.54) is 12.8 Å². The molecule has 0 saturated carbocycles. The van der Waals surface area contributed by atoms with Gasteiger partial charge in [0.15, 0.2) is 5.13 Å². The van der Waals surface area contributed by atoms with Crippen LogP contribution < -0.4 is 5.32 Å². The van der Waals surface area contributed by atoms with Crippen molar-refractivity contribution >= 4 is 32.4 Å². The largest absolute Gasteiger partial charge is 0.378 e. The molecule has 1 aromatic rings. The van der Waals surface area contributed by atoms with Gasteiger partial charge in [0.1, 0.15) is 4.60 Å². The molecular weight excluding hydrogens is 264 g/mol. The van der Waals surface area contributed by atoms with Crippen LogP contribution in [0.25, 0.3) is 0 Å². The Morgan fingerprint density at radius 1 is 1.71 bits per heavy atom. The molecule has 78 valence electrons. The molecule has 0 spiro atoms. The van der Waals surface area contributed by atoms with Crippen LogP contribution >= 0.6 is 27.3 Å². The van der Waals surface area contributed by atoms with Gasteiger partial charge in [0.25, 0.3) is 0 Å². The number of nitrogens with one attached hydrogen (secondary N) is 1. The van der Waals surface area contributed by atoms with Crippen molar-refractivity contribution < 1.29 is 4.74 Å². The average Bonchev–Trinajstić information content (AvgIpc) is 2.77. The fourth-order valence-corrected chi connectivity index (χ4v) is 2.72. The lowest BCUT2D eigenvalue weighted by atomic mass is 10.2. The van der Waals surface area contributed by atoms with Gasteiger partial charge in [-0.05, 0) is 35.2 Å². The molecule has 0 amide bonds. The zero-order chi connectivity index (χ0) is 9.80. The van der Waals surface area contributed by atoms with E-state index in [4.69, 9.17) is 4.74 Å². The normalized spacial score (nSPS) is 21.4. The molecule has 1 saturated heterocycles. The number of aromatic nitrogens is 1. The minimum atomic E-state index is 0.464. The lowest BCUT2D eigenvalue weighted by molar-refractivity contribution is 0.107. The summed E-state index contributed by atoms with van der Waals surface area (Å²) in [5.74, 6) is 0. The summed E-state index contributed by atoms with van der Waals surface area (Å²) in [5, 5.41) is 6.25. The van der Waals surface area contributed by atoms with Crippen LogP contribution in [-0.4, -0.2) is 24.2 Å². The lowest BCUT2D eigenvalue weighted by Gasteiger charge is -2.08. The Morgan fingerprint density at radius 2 is 2.64 bits per heavy atom. The standard InChI is InChI=1S/C9H13BrN2OS/c10-8-6-14-9(12-8)11-4-3-7-2-1-5-13-7/h6-7H,1-5H2,(H,11,12). The van der Waals surface area contributed by atoms with E-state index < -0.39 is 0 Å². The minimum Gasteiger partial charge on any atom is -0.378 e. The van der Waals surface area contributed by atoms with Crippen LogP contribution in [-0.2, 0) is 4.74 Å². The van der Waals surface area contributed by atoms with Gasteiger partial charge in [-0.3, -0.25) is 0 Å². The molecule has 0 radical (unpaired) electrons. The lowest BCUT2D eigenvalue weighted by Crippen LogP contribution is -2.12. The first kappa shape index (κ1) is 10.4. The highest BCUT2D eigenvalue weighted by molar-refractivity contribution is 9.10. The summed E-state index contributed by atoms with van der Waals surface area (Å²) in [6.45, 7) is 1.89. The Kier molecular flexibility index (Phi) is 3.78. The second-order valence-electron chi connectivity index (χ2n) is 3.33. The maximum absolute atomic E-state index is 5.53. The van der Waals surface area contributed by atoms with Crippen molar-refractivity contribution in [1.82, 2.24) is 4.98 Å². The Hall–Kier alpha value is -0.130. The predicted octanol–water partition coefficient (Wildman–Crippen LogP) is 2.89. The zero-order valence-electron chi connectivity index (χ0n) is 7.83. The first-order chi connectivity index (χ1) is 6.84. The van der Waals surface area contributed by atoms with Crippen molar-refractivity contribution in [2.45, 2.75) is 25.4 Å². The van der Waals surface area contributed by atoms with Crippen LogP contribution in [0.2, 0.25) is 0 Å². The quantitative estimate of drug-likeness (QED) is 0.918. The Balaban J connectivity index is 1.67. The van der Waals surface area contributed by atoms with Gasteiger partial charge in [-0.15, -0.1) is 11.3 Å². The molecule has 0 aliphatic carbocycles. The number of hydrogen-bond donors (Lipinski definition) is 1. The highest BCUT2D eigenvalue weighted by Gasteiger charge is 2.14. The van der Waals surface area contributed by atoms with Gasteiger partial charge in [-0.2, -0.15) is 0 Å². The summed E-state index contributed by atoms with van der Waals surface area (Å²) in [5.41, 5.74) is 0. The Bertz CT molecular complexity index is 286. The summed E-state index contributed by atoms with van der Waals surface area (Å²) in [4.78, 5) is 4.26. The SMILES string of the molecule is Brc1csc(NCCC2CCCO2)n1. The van der Waals surface area contributed by atoms with Gasteiger partial charge in [0.2, 0.25) is 0 Å². The van der Waals surface area contributed by atoms with Crippen LogP contribution in [0.4, 0.5) is 5.13 Å². The summed E-state index contributed by atoms with van der Waals surface area (Å²) in [6, 6.07) is 0. The number of rotatable bonds is 4. The zero-order valence-corrected chi connectivity index (χ0v) is 10.2. The fourth-order valence-electron chi connectivity index (χ4n) is 1.55. The monoisotopic (exact) mass is 276 g/mol. The van der Waals surface area contributed by atoms with Crippen molar-refractivity contribution in [3.63, 3.8) is 0 Å². The van der Waals surface area contributed by atoms with E-state index in [-0.39, 0.29) is 0 Å². The molecule has 2 rings (SSSR count). The van der Waals surface area contributed by atoms with Crippen molar-refractivity contribution in [2.75, 3.05) is 18.5 Å². The Morgan fingerprint density at radius 3 is 3.29 bits per heavy atom. The highest BCUT2D eigenvalue weighted by atomic mass is 79.9. The first-order valence-corrected chi connectivity index (χ1v) is 6.48. The molecule has 1 aliphatic heterocycles.